The van der Waals surface area contributed by atoms with Crippen LogP contribution in [-0.2, 0) is 0 Å². The van der Waals surface area contributed by atoms with Crippen LogP contribution in [0.5, 0.6) is 11.5 Å². The Morgan fingerprint density at radius 3 is 0.456 bits per heavy atom. The lowest BCUT2D eigenvalue weighted by molar-refractivity contribution is 0.482. The number of hydrogen-bond donors (Lipinski definition) is 0. The maximum Gasteiger partial charge on any atom is 0.127 e. The van der Waals surface area contributed by atoms with Crippen molar-refractivity contribution in [3.63, 3.8) is 0 Å². The van der Waals surface area contributed by atoms with E-state index in [-0.39, 0.29) is 0 Å². The second-order valence-electron chi connectivity index (χ2n) is 29.9. The number of ether oxygens (including phenoxy) is 1. The van der Waals surface area contributed by atoms with Crippen LogP contribution in [-0.4, -0.2) is 0 Å². The molecule has 0 atom stereocenters. The Morgan fingerprint density at radius 1 is 0.128 bits per heavy atom. The molecule has 0 fully saturated rings. The van der Waals surface area contributed by atoms with Crippen LogP contribution in [0.3, 0.4) is 0 Å². The zero-order valence-electron chi connectivity index (χ0n) is 68.2. The molecule has 2 aliphatic rings. The van der Waals surface area contributed by atoms with Crippen LogP contribution in [0.4, 0.5) is 0 Å². The summed E-state index contributed by atoms with van der Waals surface area (Å²) in [4.78, 5) is 0. The van der Waals surface area contributed by atoms with Crippen LogP contribution >= 0.6 is 0 Å². The average molecular weight is 1580 g/mol. The largest absolute Gasteiger partial charge is 0.457 e. The first-order chi connectivity index (χ1) is 61.7. The molecule has 0 unspecified atom stereocenters. The van der Waals surface area contributed by atoms with Gasteiger partial charge in [-0.25, -0.2) is 0 Å². The van der Waals surface area contributed by atoms with Crippen LogP contribution in [0.1, 0.15) is 134 Å². The normalized spacial score (nSPS) is 11.7. The molecule has 576 valence electrons. The summed E-state index contributed by atoms with van der Waals surface area (Å²) in [5, 5.41) is 0. The number of rotatable bonds is 10. The molecule has 2 aliphatic carbocycles. The van der Waals surface area contributed by atoms with Gasteiger partial charge in [0.1, 0.15) is 11.5 Å². The Labute approximate surface area is 732 Å². The highest BCUT2D eigenvalue weighted by Gasteiger charge is 2.34. The molecule has 0 radical (unpaired) electrons. The third-order valence-electron chi connectivity index (χ3n) is 21.4. The van der Waals surface area contributed by atoms with Gasteiger partial charge in [-0.1, -0.05) is 326 Å². The van der Waals surface area contributed by atoms with Crippen LogP contribution < -0.4 is 4.74 Å². The second kappa shape index (κ2) is 37.5. The highest BCUT2D eigenvalue weighted by Crippen LogP contribution is 2.57. The molecular weight excluding hydrogens is 1510 g/mol. The summed E-state index contributed by atoms with van der Waals surface area (Å²) in [6.07, 6.45) is 0. The molecule has 16 aromatic rings. The molecule has 0 aliphatic heterocycles. The van der Waals surface area contributed by atoms with Crippen molar-refractivity contribution in [1.29, 1.82) is 0 Å². The zero-order chi connectivity index (χ0) is 84.3. The van der Waals surface area contributed by atoms with E-state index in [0.717, 1.165) is 189 Å². The maximum absolute atomic E-state index is 7.05. The molecule has 1 nitrogen and oxygen atoms in total. The molecule has 0 saturated carbocycles. The van der Waals surface area contributed by atoms with E-state index in [9.17, 15) is 0 Å². The van der Waals surface area contributed by atoms with Crippen LogP contribution in [0.15, 0.2) is 449 Å². The average Bonchev–Trinajstić information content (AvgIpc) is 1.58. The van der Waals surface area contributed by atoms with Gasteiger partial charge in [0.15, 0.2) is 0 Å². The van der Waals surface area contributed by atoms with Crippen molar-refractivity contribution in [3.8, 4) is 106 Å². The number of allylic oxidation sites excluding steroid dienone is 10. The Balaban J connectivity index is 0.778. The van der Waals surface area contributed by atoms with Gasteiger partial charge in [-0.2, -0.15) is 0 Å². The summed E-state index contributed by atoms with van der Waals surface area (Å²) in [5.74, 6) is 56.6. The van der Waals surface area contributed by atoms with Gasteiger partial charge < -0.3 is 4.74 Å². The summed E-state index contributed by atoms with van der Waals surface area (Å²) >= 11 is 0. The minimum absolute atomic E-state index is 0.637. The first-order valence-corrected chi connectivity index (χ1v) is 41.3. The summed E-state index contributed by atoms with van der Waals surface area (Å²) in [7, 11) is 0. The predicted molar refractivity (Wildman–Crippen MR) is 517 cm³/mol. The fourth-order valence-corrected chi connectivity index (χ4v) is 15.3. The summed E-state index contributed by atoms with van der Waals surface area (Å²) in [5.41, 5.74) is 31.2. The molecule has 1 heteroatoms. The minimum atomic E-state index is 0.637. The first kappa shape index (κ1) is 78.4. The Kier molecular flexibility index (Phi) is 23.5. The molecule has 125 heavy (non-hydrogen) atoms. The van der Waals surface area contributed by atoms with Gasteiger partial charge in [-0.3, -0.25) is 0 Å². The Hall–Kier alpha value is -17.8. The van der Waals surface area contributed by atoms with E-state index >= 15 is 0 Å². The molecule has 0 amide bonds. The molecule has 0 aromatic heterocycles. The fraction of sp³-hybridized carbons (Fsp3) is 0. The van der Waals surface area contributed by atoms with Crippen LogP contribution in [0.25, 0.3) is 44.6 Å². The molecule has 0 saturated heterocycles. The number of hydrogen-bond acceptors (Lipinski definition) is 1. The minimum Gasteiger partial charge on any atom is -0.457 e. The van der Waals surface area contributed by atoms with E-state index < -0.39 is 0 Å². The highest BCUT2D eigenvalue weighted by atomic mass is 16.5. The monoisotopic (exact) mass is 1580 g/mol. The topological polar surface area (TPSA) is 9.23 Å². The molecule has 0 N–H and O–H groups in total. The van der Waals surface area contributed by atoms with Crippen molar-refractivity contribution in [2.45, 2.75) is 0 Å². The van der Waals surface area contributed by atoms with E-state index in [1.54, 1.807) is 0 Å². The first-order valence-electron chi connectivity index (χ1n) is 41.3. The molecule has 16 aromatic carbocycles. The predicted octanol–water partition coefficient (Wildman–Crippen LogP) is 26.9. The molecule has 0 spiro atoms. The zero-order valence-corrected chi connectivity index (χ0v) is 68.2. The van der Waals surface area contributed by atoms with Crippen molar-refractivity contribution in [3.05, 3.63) is 582 Å². The van der Waals surface area contributed by atoms with Crippen LogP contribution in [0, 0.1) is 94.7 Å². The van der Waals surface area contributed by atoms with E-state index in [1.807, 2.05) is 243 Å². The third kappa shape index (κ3) is 19.0. The van der Waals surface area contributed by atoms with Crippen molar-refractivity contribution in [2.75, 3.05) is 0 Å². The third-order valence-corrected chi connectivity index (χ3v) is 21.4. The van der Waals surface area contributed by atoms with Crippen LogP contribution in [0.2, 0.25) is 0 Å². The molecule has 0 heterocycles. The molecule has 0 bridgehead atoms. The summed E-state index contributed by atoms with van der Waals surface area (Å²) < 4.78 is 7.05. The van der Waals surface area contributed by atoms with Gasteiger partial charge in [-0.15, -0.1) is 0 Å². The molecular formula is C124H74O. The second-order valence-corrected chi connectivity index (χ2v) is 29.9. The van der Waals surface area contributed by atoms with E-state index in [1.165, 1.54) is 0 Å². The van der Waals surface area contributed by atoms with Crippen molar-refractivity contribution in [2.24, 2.45) is 0 Å². The van der Waals surface area contributed by atoms with Gasteiger partial charge >= 0.3 is 0 Å². The maximum atomic E-state index is 7.05. The van der Waals surface area contributed by atoms with Crippen molar-refractivity contribution in [1.82, 2.24) is 0 Å². The van der Waals surface area contributed by atoms with E-state index in [4.69, 9.17) is 17.9 Å². The SMILES string of the molecule is C=C1C(c2ccc(C#Cc3ccccc3)cc2)=C(c2ccc(Oc3ccc(C4=C(c5ccc(C#Cc6ccccc6)cc5)C(=C)C(c5ccc(C#Cc6ccccc6)cc5)=C4c4cc(C#Cc5ccccc5)cc(C#Cc5ccccc5)c4)cc3)cc2)C(c2cc(C#Cc3ccccc3)cc(C#Cc3ccccc3)c2)=C1c1ccc(C#Cc2ccccc2)cc1. The van der Waals surface area contributed by atoms with Gasteiger partial charge in [-0.05, 0) is 306 Å². The quantitative estimate of drug-likeness (QED) is 0.124. The summed E-state index contributed by atoms with van der Waals surface area (Å²) in [6, 6.07) is 145. The van der Waals surface area contributed by atoms with Gasteiger partial charge in [0.05, 0.1) is 0 Å². The van der Waals surface area contributed by atoms with Crippen molar-refractivity contribution < 1.29 is 4.74 Å². The van der Waals surface area contributed by atoms with E-state index in [0.29, 0.717) is 11.5 Å². The Morgan fingerprint density at radius 2 is 0.272 bits per heavy atom. The van der Waals surface area contributed by atoms with Gasteiger partial charge in [0, 0.05) is 89.0 Å². The Bertz CT molecular complexity index is 6900. The van der Waals surface area contributed by atoms with E-state index in [2.05, 4.69) is 277 Å². The van der Waals surface area contributed by atoms with Gasteiger partial charge in [0.2, 0.25) is 0 Å². The molecule has 18 rings (SSSR count). The standard InChI is InChI=1S/C124H74O/c1-89-117(107-67-59-99(60-68-107)47-43-91-27-11-3-12-28-91)121(123(119(89)109-71-63-101(64-72-109)49-45-93-31-15-5-16-32-93)113-85-103(55-51-95-35-19-7-20-36-95)83-104(86-113)56-52-96-37-21-8-22-38-96)111-75-79-115(80-76-111)125-116-81-77-112(78-82-116)122-118(108-69-61-100(62-70-108)48-44-92-29-13-4-14-30-92)90(2)120(110-73-65-102(66-74-110)50-46-94-33-17-6-18-34-94)124(122)114-87-105(57-53-97-39-23-9-24-40-97)84-106(88-114)58-54-98-41-25-10-26-42-98/h3-42,59-88H,1-2H2. The van der Waals surface area contributed by atoms with Crippen molar-refractivity contribution >= 4 is 44.6 Å². The lowest BCUT2D eigenvalue weighted by Crippen LogP contribution is -1.96. The fourth-order valence-electron chi connectivity index (χ4n) is 15.3. The highest BCUT2D eigenvalue weighted by molar-refractivity contribution is 6.36. The van der Waals surface area contributed by atoms with Gasteiger partial charge in [0.25, 0.3) is 0 Å². The number of benzene rings is 16. The summed E-state index contributed by atoms with van der Waals surface area (Å²) in [6.45, 7) is 10.2. The lowest BCUT2D eigenvalue weighted by atomic mass is 9.87. The lowest BCUT2D eigenvalue weighted by Gasteiger charge is -2.17. The smallest absolute Gasteiger partial charge is 0.127 e.